The van der Waals surface area contributed by atoms with Crippen molar-refractivity contribution < 1.29 is 9.53 Å². The van der Waals surface area contributed by atoms with E-state index in [-0.39, 0.29) is 23.9 Å². The molecule has 1 aromatic carbocycles. The van der Waals surface area contributed by atoms with E-state index in [0.29, 0.717) is 18.7 Å². The zero-order chi connectivity index (χ0) is 12.9. The molecule has 3 N–H and O–H groups in total. The summed E-state index contributed by atoms with van der Waals surface area (Å²) >= 11 is 0. The van der Waals surface area contributed by atoms with Crippen LogP contribution in [0.5, 0.6) is 0 Å². The Labute approximate surface area is 114 Å². The zero-order valence-electron chi connectivity index (χ0n) is 11.0. The van der Waals surface area contributed by atoms with E-state index in [9.17, 15) is 4.79 Å². The summed E-state index contributed by atoms with van der Waals surface area (Å²) in [6.07, 6.45) is 0. The summed E-state index contributed by atoms with van der Waals surface area (Å²) in [6.45, 7) is 4.80. The molecule has 0 bridgehead atoms. The second kappa shape index (κ2) is 7.36. The molecule has 0 aliphatic rings. The summed E-state index contributed by atoms with van der Waals surface area (Å²) in [5, 5.41) is 2.83. The molecule has 5 heteroatoms. The Balaban J connectivity index is 0.00000289. The molecular formula is C13H21ClN2O2. The van der Waals surface area contributed by atoms with Crippen LogP contribution in [0, 0.1) is 0 Å². The number of hydrogen-bond donors (Lipinski definition) is 2. The third kappa shape index (κ3) is 5.04. The molecular weight excluding hydrogens is 252 g/mol. The minimum Gasteiger partial charge on any atom is -0.377 e. The number of nitrogens with one attached hydrogen (secondary N) is 1. The van der Waals surface area contributed by atoms with Gasteiger partial charge >= 0.3 is 0 Å². The SMILES string of the molecule is COC(C)(C)CNC(=O)c1ccc(CN)cc1.Cl. The number of rotatable bonds is 5. The standard InChI is InChI=1S/C13H20N2O2.ClH/c1-13(2,17-3)9-15-12(16)11-6-4-10(8-14)5-7-11;/h4-7H,8-9,14H2,1-3H3,(H,15,16);1H. The molecule has 1 aromatic rings. The molecule has 0 spiro atoms. The molecule has 102 valence electrons. The molecule has 0 atom stereocenters. The van der Waals surface area contributed by atoms with Crippen molar-refractivity contribution in [3.8, 4) is 0 Å². The molecule has 0 saturated carbocycles. The van der Waals surface area contributed by atoms with Gasteiger partial charge in [-0.15, -0.1) is 12.4 Å². The minimum absolute atomic E-state index is 0. The first-order valence-electron chi connectivity index (χ1n) is 5.61. The molecule has 0 aliphatic heterocycles. The van der Waals surface area contributed by atoms with E-state index in [1.54, 1.807) is 19.2 Å². The predicted octanol–water partition coefficient (Wildman–Crippen LogP) is 1.72. The molecule has 0 saturated heterocycles. The van der Waals surface area contributed by atoms with Crippen LogP contribution < -0.4 is 11.1 Å². The molecule has 0 fully saturated rings. The van der Waals surface area contributed by atoms with E-state index in [1.807, 2.05) is 26.0 Å². The van der Waals surface area contributed by atoms with Crippen LogP contribution in [0.1, 0.15) is 29.8 Å². The maximum absolute atomic E-state index is 11.8. The first-order chi connectivity index (χ1) is 7.98. The lowest BCUT2D eigenvalue weighted by Crippen LogP contribution is -2.39. The summed E-state index contributed by atoms with van der Waals surface area (Å²) in [5.74, 6) is -0.0984. The van der Waals surface area contributed by atoms with Crippen LogP contribution in [0.15, 0.2) is 24.3 Å². The average Bonchev–Trinajstić information content (AvgIpc) is 2.36. The average molecular weight is 273 g/mol. The number of ether oxygens (including phenoxy) is 1. The Kier molecular flexibility index (Phi) is 6.91. The second-order valence-electron chi connectivity index (χ2n) is 4.55. The van der Waals surface area contributed by atoms with Crippen molar-refractivity contribution in [1.29, 1.82) is 0 Å². The topological polar surface area (TPSA) is 64.3 Å². The van der Waals surface area contributed by atoms with E-state index in [0.717, 1.165) is 5.56 Å². The molecule has 4 nitrogen and oxygen atoms in total. The molecule has 0 radical (unpaired) electrons. The predicted molar refractivity (Wildman–Crippen MR) is 75.0 cm³/mol. The second-order valence-corrected chi connectivity index (χ2v) is 4.55. The smallest absolute Gasteiger partial charge is 0.251 e. The van der Waals surface area contributed by atoms with Crippen molar-refractivity contribution in [2.45, 2.75) is 26.0 Å². The Morgan fingerprint density at radius 1 is 1.33 bits per heavy atom. The van der Waals surface area contributed by atoms with Gasteiger partial charge in [0.2, 0.25) is 0 Å². The van der Waals surface area contributed by atoms with Gasteiger partial charge < -0.3 is 15.8 Å². The lowest BCUT2D eigenvalue weighted by molar-refractivity contribution is 0.0229. The summed E-state index contributed by atoms with van der Waals surface area (Å²) < 4.78 is 5.23. The fourth-order valence-electron chi connectivity index (χ4n) is 1.26. The number of amides is 1. The third-order valence-corrected chi connectivity index (χ3v) is 2.68. The van der Waals surface area contributed by atoms with Crippen molar-refractivity contribution in [2.75, 3.05) is 13.7 Å². The Morgan fingerprint density at radius 3 is 2.33 bits per heavy atom. The maximum Gasteiger partial charge on any atom is 0.251 e. The highest BCUT2D eigenvalue weighted by atomic mass is 35.5. The highest BCUT2D eigenvalue weighted by Crippen LogP contribution is 2.07. The number of nitrogens with two attached hydrogens (primary N) is 1. The largest absolute Gasteiger partial charge is 0.377 e. The Bertz CT molecular complexity index is 377. The van der Waals surface area contributed by atoms with Crippen LogP contribution in [-0.2, 0) is 11.3 Å². The lowest BCUT2D eigenvalue weighted by atomic mass is 10.1. The number of carbonyl (C=O) groups excluding carboxylic acids is 1. The van der Waals surface area contributed by atoms with Crippen molar-refractivity contribution in [1.82, 2.24) is 5.32 Å². The molecule has 1 rings (SSSR count). The first-order valence-corrected chi connectivity index (χ1v) is 5.61. The first kappa shape index (κ1) is 16.9. The van der Waals surface area contributed by atoms with Crippen LogP contribution in [0.2, 0.25) is 0 Å². The fourth-order valence-corrected chi connectivity index (χ4v) is 1.26. The van der Waals surface area contributed by atoms with Crippen LogP contribution in [-0.4, -0.2) is 25.2 Å². The Hall–Kier alpha value is -1.10. The third-order valence-electron chi connectivity index (χ3n) is 2.68. The number of methoxy groups -OCH3 is 1. The molecule has 0 heterocycles. The van der Waals surface area contributed by atoms with Crippen LogP contribution >= 0.6 is 12.4 Å². The van der Waals surface area contributed by atoms with Gasteiger partial charge in [-0.05, 0) is 31.5 Å². The van der Waals surface area contributed by atoms with Crippen LogP contribution in [0.3, 0.4) is 0 Å². The van der Waals surface area contributed by atoms with E-state index < -0.39 is 0 Å². The van der Waals surface area contributed by atoms with Crippen molar-refractivity contribution in [3.63, 3.8) is 0 Å². The lowest BCUT2D eigenvalue weighted by Gasteiger charge is -2.23. The number of halogens is 1. The number of carbonyl (C=O) groups is 1. The van der Waals surface area contributed by atoms with Gasteiger partial charge in [0.1, 0.15) is 0 Å². The highest BCUT2D eigenvalue weighted by Gasteiger charge is 2.17. The van der Waals surface area contributed by atoms with Crippen molar-refractivity contribution in [2.24, 2.45) is 5.73 Å². The monoisotopic (exact) mass is 272 g/mol. The van der Waals surface area contributed by atoms with Gasteiger partial charge in [0.15, 0.2) is 0 Å². The molecule has 0 aliphatic carbocycles. The molecule has 1 amide bonds. The normalized spacial score (nSPS) is 10.7. The van der Waals surface area contributed by atoms with E-state index in [2.05, 4.69) is 5.32 Å². The summed E-state index contributed by atoms with van der Waals surface area (Å²) in [6, 6.07) is 7.27. The van der Waals surface area contributed by atoms with Gasteiger partial charge in [-0.25, -0.2) is 0 Å². The number of hydrogen-bond acceptors (Lipinski definition) is 3. The summed E-state index contributed by atoms with van der Waals surface area (Å²) in [5.41, 5.74) is 6.78. The zero-order valence-corrected chi connectivity index (χ0v) is 11.8. The van der Waals surface area contributed by atoms with Gasteiger partial charge in [-0.3, -0.25) is 4.79 Å². The Morgan fingerprint density at radius 2 is 1.89 bits per heavy atom. The van der Waals surface area contributed by atoms with Gasteiger partial charge in [0, 0.05) is 25.8 Å². The maximum atomic E-state index is 11.8. The van der Waals surface area contributed by atoms with E-state index in [1.165, 1.54) is 0 Å². The van der Waals surface area contributed by atoms with Crippen molar-refractivity contribution in [3.05, 3.63) is 35.4 Å². The highest BCUT2D eigenvalue weighted by molar-refractivity contribution is 5.94. The molecule has 0 unspecified atom stereocenters. The molecule has 0 aromatic heterocycles. The minimum atomic E-state index is -0.354. The molecule has 18 heavy (non-hydrogen) atoms. The van der Waals surface area contributed by atoms with Gasteiger partial charge in [-0.1, -0.05) is 12.1 Å². The number of benzene rings is 1. The summed E-state index contributed by atoms with van der Waals surface area (Å²) in [4.78, 5) is 11.8. The fraction of sp³-hybridized carbons (Fsp3) is 0.462. The van der Waals surface area contributed by atoms with Crippen LogP contribution in [0.4, 0.5) is 0 Å². The van der Waals surface area contributed by atoms with Gasteiger partial charge in [-0.2, -0.15) is 0 Å². The summed E-state index contributed by atoms with van der Waals surface area (Å²) in [7, 11) is 1.63. The van der Waals surface area contributed by atoms with Crippen LogP contribution in [0.25, 0.3) is 0 Å². The van der Waals surface area contributed by atoms with E-state index in [4.69, 9.17) is 10.5 Å². The quantitative estimate of drug-likeness (QED) is 0.858. The van der Waals surface area contributed by atoms with Gasteiger partial charge in [0.05, 0.1) is 5.60 Å². The van der Waals surface area contributed by atoms with Crippen molar-refractivity contribution >= 4 is 18.3 Å². The van der Waals surface area contributed by atoms with Gasteiger partial charge in [0.25, 0.3) is 5.91 Å². The van der Waals surface area contributed by atoms with E-state index >= 15 is 0 Å².